The highest BCUT2D eigenvalue weighted by Crippen LogP contribution is 2.27. The molecule has 1 unspecified atom stereocenters. The van der Waals surface area contributed by atoms with Crippen LogP contribution in [0.25, 0.3) is 16.6 Å². The van der Waals surface area contributed by atoms with E-state index in [0.717, 1.165) is 16.8 Å². The van der Waals surface area contributed by atoms with Gasteiger partial charge < -0.3 is 26.0 Å². The molecule has 5 N–H and O–H groups in total. The molecule has 2 amide bonds. The van der Waals surface area contributed by atoms with E-state index in [1.807, 2.05) is 39.8 Å². The summed E-state index contributed by atoms with van der Waals surface area (Å²) in [6.07, 6.45) is 2.81. The van der Waals surface area contributed by atoms with Gasteiger partial charge in [-0.1, -0.05) is 6.08 Å². The number of aliphatic hydroxyl groups excluding tert-OH is 1. The quantitative estimate of drug-likeness (QED) is 0.374. The number of aryl methyl sites for hydroxylation is 2. The number of carbonyl (C=O) groups is 2. The molecule has 0 aliphatic carbocycles. The van der Waals surface area contributed by atoms with Gasteiger partial charge in [-0.15, -0.1) is 0 Å². The molecule has 4 heterocycles. The molecule has 0 bridgehead atoms. The molecule has 4 rings (SSSR count). The third kappa shape index (κ3) is 5.32. The maximum absolute atomic E-state index is 13.4. The zero-order valence-electron chi connectivity index (χ0n) is 21.5. The Labute approximate surface area is 214 Å². The summed E-state index contributed by atoms with van der Waals surface area (Å²) in [6, 6.07) is 3.62. The molecule has 0 radical (unpaired) electrons. The van der Waals surface area contributed by atoms with Crippen LogP contribution in [0.3, 0.4) is 0 Å². The Bertz CT molecular complexity index is 1440. The lowest BCUT2D eigenvalue weighted by atomic mass is 10.0. The molecular formula is C26H33N7O4. The first-order valence-electron chi connectivity index (χ1n) is 12.3. The number of nitrogens with zero attached hydrogens (tertiary/aromatic N) is 4. The molecule has 3 aromatic heterocycles. The van der Waals surface area contributed by atoms with Crippen LogP contribution < -0.4 is 16.6 Å². The van der Waals surface area contributed by atoms with Gasteiger partial charge in [0.1, 0.15) is 6.10 Å². The molecule has 11 heteroatoms. The van der Waals surface area contributed by atoms with E-state index in [0.29, 0.717) is 47.4 Å². The van der Waals surface area contributed by atoms with Gasteiger partial charge in [-0.25, -0.2) is 9.67 Å². The van der Waals surface area contributed by atoms with E-state index in [1.165, 1.54) is 0 Å². The fourth-order valence-electron chi connectivity index (χ4n) is 4.53. The normalized spacial score (nSPS) is 14.7. The summed E-state index contributed by atoms with van der Waals surface area (Å²) >= 11 is 0. The molecule has 1 aliphatic rings. The smallest absolute Gasteiger partial charge is 0.253 e. The number of hydrogen-bond acceptors (Lipinski definition) is 7. The molecule has 0 fully saturated rings. The van der Waals surface area contributed by atoms with Crippen LogP contribution in [0.15, 0.2) is 29.2 Å². The van der Waals surface area contributed by atoms with Crippen LogP contribution >= 0.6 is 0 Å². The fraction of sp³-hybridized carbons (Fsp3) is 0.423. The first-order valence-corrected chi connectivity index (χ1v) is 12.3. The maximum atomic E-state index is 13.4. The van der Waals surface area contributed by atoms with Gasteiger partial charge in [-0.3, -0.25) is 14.4 Å². The average Bonchev–Trinajstić information content (AvgIpc) is 3.31. The van der Waals surface area contributed by atoms with Crippen LogP contribution in [0.4, 0.5) is 0 Å². The lowest BCUT2D eigenvalue weighted by Gasteiger charge is -2.28. The third-order valence-electron chi connectivity index (χ3n) is 6.58. The molecule has 0 saturated heterocycles. The number of carbonyl (C=O) groups excluding carboxylic acids is 2. The monoisotopic (exact) mass is 507 g/mol. The van der Waals surface area contributed by atoms with Crippen LogP contribution in [-0.4, -0.2) is 67.3 Å². The summed E-state index contributed by atoms with van der Waals surface area (Å²) in [5.41, 5.74) is 9.77. The topological polar surface area (TPSA) is 159 Å². The van der Waals surface area contributed by atoms with Gasteiger partial charge in [0, 0.05) is 43.5 Å². The van der Waals surface area contributed by atoms with Crippen molar-refractivity contribution in [3.63, 3.8) is 0 Å². The van der Waals surface area contributed by atoms with Crippen molar-refractivity contribution >= 4 is 28.4 Å². The van der Waals surface area contributed by atoms with Gasteiger partial charge >= 0.3 is 0 Å². The van der Waals surface area contributed by atoms with Crippen molar-refractivity contribution < 1.29 is 14.7 Å². The highest BCUT2D eigenvalue weighted by atomic mass is 16.3. The Balaban J connectivity index is 1.67. The lowest BCUT2D eigenvalue weighted by Crippen LogP contribution is -2.44. The molecule has 0 aromatic carbocycles. The summed E-state index contributed by atoms with van der Waals surface area (Å²) in [5.74, 6) is -0.740. The summed E-state index contributed by atoms with van der Waals surface area (Å²) in [6.45, 7) is 8.30. The number of rotatable bonds is 7. The number of pyridine rings is 2. The Morgan fingerprint density at radius 2 is 2.03 bits per heavy atom. The summed E-state index contributed by atoms with van der Waals surface area (Å²) in [5, 5.41) is 17.7. The van der Waals surface area contributed by atoms with E-state index >= 15 is 0 Å². The number of nitrogens with one attached hydrogen (secondary N) is 2. The van der Waals surface area contributed by atoms with Gasteiger partial charge in [0.05, 0.1) is 22.8 Å². The second kappa shape index (κ2) is 10.7. The van der Waals surface area contributed by atoms with Gasteiger partial charge in [0.25, 0.3) is 17.4 Å². The third-order valence-corrected chi connectivity index (χ3v) is 6.58. The number of amides is 2. The summed E-state index contributed by atoms with van der Waals surface area (Å²) in [4.78, 5) is 47.2. The van der Waals surface area contributed by atoms with Crippen molar-refractivity contribution in [2.75, 3.05) is 19.6 Å². The van der Waals surface area contributed by atoms with E-state index in [4.69, 9.17) is 10.7 Å². The van der Waals surface area contributed by atoms with E-state index in [2.05, 4.69) is 15.4 Å². The molecule has 1 atom stereocenters. The minimum Gasteiger partial charge on any atom is -0.382 e. The first-order chi connectivity index (χ1) is 17.6. The zero-order chi connectivity index (χ0) is 26.9. The average molecular weight is 508 g/mol. The second-order valence-electron chi connectivity index (χ2n) is 9.62. The molecule has 0 saturated carbocycles. The molecule has 3 aromatic rings. The highest BCUT2D eigenvalue weighted by Gasteiger charge is 2.25. The number of hydrogen-bond donors (Lipinski definition) is 4. The largest absolute Gasteiger partial charge is 0.382 e. The van der Waals surface area contributed by atoms with Crippen molar-refractivity contribution in [3.8, 4) is 0 Å². The van der Waals surface area contributed by atoms with Crippen LogP contribution in [0.5, 0.6) is 0 Å². The number of aliphatic hydroxyl groups is 1. The van der Waals surface area contributed by atoms with Crippen LogP contribution in [0.2, 0.25) is 0 Å². The van der Waals surface area contributed by atoms with Crippen molar-refractivity contribution in [1.29, 1.82) is 0 Å². The zero-order valence-corrected chi connectivity index (χ0v) is 21.5. The van der Waals surface area contributed by atoms with Crippen LogP contribution in [0, 0.1) is 13.8 Å². The minimum absolute atomic E-state index is 0.0242. The highest BCUT2D eigenvalue weighted by molar-refractivity contribution is 6.06. The molecule has 196 valence electrons. The van der Waals surface area contributed by atoms with Crippen LogP contribution in [-0.2, 0) is 11.3 Å². The van der Waals surface area contributed by atoms with Crippen molar-refractivity contribution in [2.24, 2.45) is 5.73 Å². The van der Waals surface area contributed by atoms with Crippen molar-refractivity contribution in [2.45, 2.75) is 52.8 Å². The van der Waals surface area contributed by atoms with Gasteiger partial charge in [-0.2, -0.15) is 5.10 Å². The molecule has 1 aliphatic heterocycles. The van der Waals surface area contributed by atoms with Crippen LogP contribution in [0.1, 0.15) is 59.2 Å². The Morgan fingerprint density at radius 1 is 1.27 bits per heavy atom. The predicted octanol–water partition coefficient (Wildman–Crippen LogP) is 1.18. The Hall–Kier alpha value is -3.83. The minimum atomic E-state index is -1.22. The number of aromatic amines is 1. The second-order valence-corrected chi connectivity index (χ2v) is 9.62. The fourth-order valence-corrected chi connectivity index (χ4v) is 4.53. The number of fused-ring (bicyclic) bond motifs is 1. The Kier molecular flexibility index (Phi) is 7.55. The predicted molar refractivity (Wildman–Crippen MR) is 140 cm³/mol. The standard InChI is InChI=1S/C26H33N7O4/c1-14(2)33-23-20(13-29-33)18(24(35)28-12-19-15(3)9-16(4)30-25(19)36)10-21(31-23)17-5-7-32(8-6-17)26(37)22(34)11-27/h5,9-10,13-14,22,34H,6-8,11-12,27H2,1-4H3,(H,28,35)(H,30,36). The van der Waals surface area contributed by atoms with Crippen molar-refractivity contribution in [3.05, 3.63) is 62.8 Å². The SMILES string of the molecule is Cc1cc(C)c(CNC(=O)c2cc(C3=CCN(C(=O)C(O)CN)CC3)nc3c2cnn3C(C)C)c(=O)[nH]1. The van der Waals surface area contributed by atoms with E-state index in [1.54, 1.807) is 21.8 Å². The van der Waals surface area contributed by atoms with Crippen molar-refractivity contribution in [1.82, 2.24) is 30.0 Å². The van der Waals surface area contributed by atoms with E-state index in [-0.39, 0.29) is 30.6 Å². The van der Waals surface area contributed by atoms with Gasteiger partial charge in [0.2, 0.25) is 0 Å². The molecule has 0 spiro atoms. The number of H-pyrrole nitrogens is 1. The molecular weight excluding hydrogens is 474 g/mol. The van der Waals surface area contributed by atoms with E-state index < -0.39 is 12.0 Å². The maximum Gasteiger partial charge on any atom is 0.253 e. The Morgan fingerprint density at radius 3 is 2.65 bits per heavy atom. The number of nitrogens with two attached hydrogens (primary N) is 1. The molecule has 11 nitrogen and oxygen atoms in total. The summed E-state index contributed by atoms with van der Waals surface area (Å²) < 4.78 is 1.77. The lowest BCUT2D eigenvalue weighted by molar-refractivity contribution is -0.139. The summed E-state index contributed by atoms with van der Waals surface area (Å²) in [7, 11) is 0. The van der Waals surface area contributed by atoms with Gasteiger partial charge in [0.15, 0.2) is 5.65 Å². The molecule has 37 heavy (non-hydrogen) atoms. The number of aromatic nitrogens is 4. The van der Waals surface area contributed by atoms with E-state index in [9.17, 15) is 19.5 Å². The first kappa shape index (κ1) is 26.2. The van der Waals surface area contributed by atoms with Gasteiger partial charge in [-0.05, 0) is 57.4 Å².